The van der Waals surface area contributed by atoms with Crippen LogP contribution in [-0.2, 0) is 17.7 Å². The van der Waals surface area contributed by atoms with E-state index in [-0.39, 0.29) is 5.54 Å². The molecule has 4 nitrogen and oxygen atoms in total. The molecule has 110 valence electrons. The molecule has 0 aromatic heterocycles. The summed E-state index contributed by atoms with van der Waals surface area (Å²) in [5.41, 5.74) is 0.0226. The Morgan fingerprint density at radius 2 is 1.06 bits per heavy atom. The van der Waals surface area contributed by atoms with Gasteiger partial charge in [-0.15, -0.1) is 0 Å². The number of nitrogens with zero attached hydrogens (tertiary/aromatic N) is 4. The summed E-state index contributed by atoms with van der Waals surface area (Å²) < 4.78 is 12.9. The van der Waals surface area contributed by atoms with Gasteiger partial charge in [0.15, 0.2) is 0 Å². The minimum atomic E-state index is -3.08. The molecule has 0 fully saturated rings. The molecule has 0 N–H and O–H groups in total. The van der Waals surface area contributed by atoms with E-state index in [1.165, 1.54) is 0 Å². The van der Waals surface area contributed by atoms with E-state index >= 15 is 0 Å². The van der Waals surface area contributed by atoms with Gasteiger partial charge in [-0.3, -0.25) is 0 Å². The average Bonchev–Trinajstić information content (AvgIpc) is 2.31. The van der Waals surface area contributed by atoms with Gasteiger partial charge in [0.25, 0.3) is 0 Å². The van der Waals surface area contributed by atoms with Gasteiger partial charge in [0, 0.05) is 0 Å². The average molecular weight is 426 g/mol. The van der Waals surface area contributed by atoms with Crippen LogP contribution >= 0.6 is 0 Å². The van der Waals surface area contributed by atoms with E-state index in [9.17, 15) is 0 Å². The maximum absolute atomic E-state index is 5.35. The van der Waals surface area contributed by atoms with Gasteiger partial charge < -0.3 is 0 Å². The second-order valence-corrected chi connectivity index (χ2v) is 17.7. The molecule has 0 aromatic carbocycles. The van der Waals surface area contributed by atoms with E-state index in [1.807, 2.05) is 0 Å². The molecule has 0 amide bonds. The van der Waals surface area contributed by atoms with Crippen LogP contribution in [0.15, 0.2) is 3.34 Å². The first-order valence-electron chi connectivity index (χ1n) is 6.94. The van der Waals surface area contributed by atoms with Crippen LogP contribution in [0, 0.1) is 0 Å². The molecule has 0 radical (unpaired) electrons. The van der Waals surface area contributed by atoms with Crippen LogP contribution in [0.3, 0.4) is 0 Å². The van der Waals surface area contributed by atoms with Crippen molar-refractivity contribution in [3.63, 3.8) is 0 Å². The summed E-state index contributed by atoms with van der Waals surface area (Å²) >= 11 is -3.08. The monoisotopic (exact) mass is 426 g/mol. The molecule has 0 aliphatic heterocycles. The summed E-state index contributed by atoms with van der Waals surface area (Å²) in [6, 6.07) is 0. The molecule has 0 saturated heterocycles. The van der Waals surface area contributed by atoms with Crippen LogP contribution in [0.2, 0.25) is 0 Å². The van der Waals surface area contributed by atoms with Crippen molar-refractivity contribution in [3.8, 4) is 0 Å². The Labute approximate surface area is 119 Å². The quantitative estimate of drug-likeness (QED) is 0.652. The first-order valence-corrected chi connectivity index (χ1v) is 12.7. The van der Waals surface area contributed by atoms with Crippen molar-refractivity contribution >= 4 is 0 Å². The number of hydrogen-bond donors (Lipinski definition) is 0. The van der Waals surface area contributed by atoms with Gasteiger partial charge in [0.05, 0.1) is 0 Å². The zero-order valence-electron chi connectivity index (χ0n) is 13.9. The molecule has 0 unspecified atom stereocenters. The van der Waals surface area contributed by atoms with Gasteiger partial charge in [0.1, 0.15) is 0 Å². The summed E-state index contributed by atoms with van der Waals surface area (Å²) in [5, 5.41) is 0. The van der Waals surface area contributed by atoms with Crippen LogP contribution in [-0.4, -0.2) is 56.2 Å². The Morgan fingerprint density at radius 1 is 0.778 bits per heavy atom. The molecule has 18 heavy (non-hydrogen) atoms. The van der Waals surface area contributed by atoms with E-state index in [0.29, 0.717) is 0 Å². The normalized spacial score (nSPS) is 13.8. The number of rotatable bonds is 6. The summed E-state index contributed by atoms with van der Waals surface area (Å²) in [4.78, 5) is 0. The molecule has 5 heteroatoms. The predicted molar refractivity (Wildman–Crippen MR) is 77.1 cm³/mol. The molecular weight excluding hydrogens is 393 g/mol. The van der Waals surface area contributed by atoms with Crippen LogP contribution in [0.25, 0.3) is 0 Å². The number of hydrogen-bond acceptors (Lipinski definition) is 1. The molecule has 0 atom stereocenters. The van der Waals surface area contributed by atoms with Crippen molar-refractivity contribution in [2.75, 3.05) is 40.8 Å². The molecule has 0 bridgehead atoms. The van der Waals surface area contributed by atoms with Gasteiger partial charge in [-0.2, -0.15) is 0 Å². The van der Waals surface area contributed by atoms with E-state index in [0.717, 1.165) is 19.6 Å². The molecule has 0 heterocycles. The van der Waals surface area contributed by atoms with Gasteiger partial charge >= 0.3 is 119 Å². The first-order chi connectivity index (χ1) is 8.15. The minimum absolute atomic E-state index is 0.0226. The van der Waals surface area contributed by atoms with Crippen LogP contribution in [0.4, 0.5) is 0 Å². The van der Waals surface area contributed by atoms with Crippen molar-refractivity contribution < 1.29 is 17.7 Å². The molecule has 0 aromatic rings. The Kier molecular flexibility index (Phi) is 7.44. The van der Waals surface area contributed by atoms with E-state index in [1.54, 1.807) is 0 Å². The molecule has 0 rings (SSSR count). The second-order valence-electron chi connectivity index (χ2n) is 5.73. The van der Waals surface area contributed by atoms with Crippen molar-refractivity contribution in [2.24, 2.45) is 3.34 Å². The zero-order valence-corrected chi connectivity index (χ0v) is 17.1. The maximum atomic E-state index is 5.35. The van der Waals surface area contributed by atoms with Gasteiger partial charge in [0.2, 0.25) is 0 Å². The van der Waals surface area contributed by atoms with E-state index in [4.69, 9.17) is 3.34 Å². The Bertz CT molecular complexity index is 263. The Balaban J connectivity index is 5.95. The Morgan fingerprint density at radius 3 is 1.22 bits per heavy atom. The molecule has 0 aliphatic rings. The fourth-order valence-electron chi connectivity index (χ4n) is 1.98. The van der Waals surface area contributed by atoms with Crippen LogP contribution < -0.4 is 0 Å². The van der Waals surface area contributed by atoms with Gasteiger partial charge in [-0.1, -0.05) is 0 Å². The molecule has 0 saturated carbocycles. The SMILES string of the molecule is CC[N](C)[Ta](=[N]C(C)(C)C)([N](C)CC)[N](C)CC. The summed E-state index contributed by atoms with van der Waals surface area (Å²) in [6.07, 6.45) is 0. The van der Waals surface area contributed by atoms with Crippen LogP contribution in [0.1, 0.15) is 41.5 Å². The van der Waals surface area contributed by atoms with Gasteiger partial charge in [-0.05, 0) is 0 Å². The molecule has 0 spiro atoms. The topological polar surface area (TPSA) is 22.1 Å². The predicted octanol–water partition coefficient (Wildman–Crippen LogP) is 2.72. The van der Waals surface area contributed by atoms with E-state index in [2.05, 4.69) is 72.6 Å². The third-order valence-corrected chi connectivity index (χ3v) is 19.2. The second kappa shape index (κ2) is 7.27. The molecular formula is C13H33N4Ta. The van der Waals surface area contributed by atoms with Crippen molar-refractivity contribution in [2.45, 2.75) is 47.1 Å². The summed E-state index contributed by atoms with van der Waals surface area (Å²) in [7, 11) is 6.73. The summed E-state index contributed by atoms with van der Waals surface area (Å²) in [6.45, 7) is 16.5. The Hall–Kier alpha value is 0.420. The van der Waals surface area contributed by atoms with Crippen molar-refractivity contribution in [1.29, 1.82) is 0 Å². The van der Waals surface area contributed by atoms with Crippen LogP contribution in [0.5, 0.6) is 0 Å². The third kappa shape index (κ3) is 4.22. The van der Waals surface area contributed by atoms with Crippen molar-refractivity contribution in [1.82, 2.24) is 9.91 Å². The summed E-state index contributed by atoms with van der Waals surface area (Å²) in [5.74, 6) is 0. The fraction of sp³-hybridized carbons (Fsp3) is 1.00. The standard InChI is InChI=1S/C4H9N.3C3H8N.Ta/c1-4(2,3)5;3*1-3-4-2;/h1-3H3;3*3H2,1-2H3;/q;3*-1;+3. The molecule has 0 aliphatic carbocycles. The van der Waals surface area contributed by atoms with Crippen molar-refractivity contribution in [3.05, 3.63) is 0 Å². The van der Waals surface area contributed by atoms with E-state index < -0.39 is 17.7 Å². The first kappa shape index (κ1) is 18.4. The fourth-order valence-corrected chi connectivity index (χ4v) is 16.2. The van der Waals surface area contributed by atoms with Gasteiger partial charge in [-0.25, -0.2) is 0 Å². The zero-order chi connectivity index (χ0) is 14.6. The third-order valence-electron chi connectivity index (χ3n) is 3.18.